The molecule has 1 heterocycles. The first-order valence-electron chi connectivity index (χ1n) is 12.1. The number of ether oxygens (including phenoxy) is 1. The highest BCUT2D eigenvalue weighted by Gasteiger charge is 2.30. The van der Waals surface area contributed by atoms with E-state index in [9.17, 15) is 13.2 Å². The number of alkyl halides is 3. The first kappa shape index (κ1) is 30.3. The smallest absolute Gasteiger partial charge is 0.379 e. The maximum Gasteiger partial charge on any atom is 0.416 e. The van der Waals surface area contributed by atoms with Crippen LogP contribution in [0, 0.1) is 0 Å². The Kier molecular flexibility index (Phi) is 13.9. The van der Waals surface area contributed by atoms with Crippen molar-refractivity contribution in [2.45, 2.75) is 53.3 Å². The SMILES string of the molecule is C=CC1=C(N=C(C)COC)CCN(Cc2ccc(C(F)(F)F)cc2)C1.CC.CCc1ccccc1. The van der Waals surface area contributed by atoms with Crippen molar-refractivity contribution in [2.75, 3.05) is 26.8 Å². The van der Waals surface area contributed by atoms with Gasteiger partial charge in [-0.3, -0.25) is 9.89 Å². The molecule has 3 nitrogen and oxygen atoms in total. The molecule has 2 aromatic rings. The number of halogens is 3. The van der Waals surface area contributed by atoms with Crippen LogP contribution in [0.5, 0.6) is 0 Å². The van der Waals surface area contributed by atoms with Gasteiger partial charge in [0.15, 0.2) is 0 Å². The van der Waals surface area contributed by atoms with Crippen LogP contribution >= 0.6 is 0 Å². The molecule has 0 N–H and O–H groups in total. The summed E-state index contributed by atoms with van der Waals surface area (Å²) in [4.78, 5) is 6.79. The Hall–Kier alpha value is -2.70. The summed E-state index contributed by atoms with van der Waals surface area (Å²) >= 11 is 0. The van der Waals surface area contributed by atoms with Gasteiger partial charge in [-0.25, -0.2) is 0 Å². The highest BCUT2D eigenvalue weighted by atomic mass is 19.4. The number of hydrogen-bond acceptors (Lipinski definition) is 3. The lowest BCUT2D eigenvalue weighted by Crippen LogP contribution is -2.31. The fraction of sp³-hybridized carbons (Fsp3) is 0.414. The van der Waals surface area contributed by atoms with Crippen molar-refractivity contribution in [1.82, 2.24) is 4.90 Å². The monoisotopic (exact) mass is 488 g/mol. The van der Waals surface area contributed by atoms with Gasteiger partial charge in [0.1, 0.15) is 0 Å². The lowest BCUT2D eigenvalue weighted by molar-refractivity contribution is -0.137. The number of rotatable bonds is 7. The van der Waals surface area contributed by atoms with E-state index in [1.807, 2.05) is 26.8 Å². The zero-order valence-corrected chi connectivity index (χ0v) is 21.7. The van der Waals surface area contributed by atoms with Gasteiger partial charge in [0.2, 0.25) is 0 Å². The molecule has 0 bridgehead atoms. The van der Waals surface area contributed by atoms with Crippen molar-refractivity contribution in [2.24, 2.45) is 4.99 Å². The summed E-state index contributed by atoms with van der Waals surface area (Å²) < 4.78 is 43.0. The highest BCUT2D eigenvalue weighted by Crippen LogP contribution is 2.29. The quantitative estimate of drug-likeness (QED) is 0.373. The standard InChI is InChI=1S/C19H23F3N2O.C8H10.C2H6/c1-4-16-12-24(10-9-18(16)23-14(2)13-25-3)11-15-5-7-17(8-6-15)19(20,21)22;1-2-8-6-4-3-5-7-8;1-2/h4-8H,1,9-13H2,2-3H3;3-7H,2H2,1H3;1-2H3. The molecule has 0 saturated heterocycles. The van der Waals surface area contributed by atoms with Crippen molar-refractivity contribution in [3.05, 3.63) is 95.2 Å². The average Bonchev–Trinajstić information content (AvgIpc) is 2.87. The summed E-state index contributed by atoms with van der Waals surface area (Å²) in [6, 6.07) is 15.8. The van der Waals surface area contributed by atoms with Crippen LogP contribution in [-0.4, -0.2) is 37.4 Å². The molecule has 3 rings (SSSR count). The largest absolute Gasteiger partial charge is 0.416 e. The van der Waals surface area contributed by atoms with Crippen LogP contribution in [0.15, 0.2) is 83.5 Å². The van der Waals surface area contributed by atoms with Crippen molar-refractivity contribution >= 4 is 5.71 Å². The molecule has 0 aromatic heterocycles. The van der Waals surface area contributed by atoms with Crippen LogP contribution in [0.2, 0.25) is 0 Å². The molecule has 0 atom stereocenters. The number of aryl methyl sites for hydroxylation is 1. The predicted octanol–water partition coefficient (Wildman–Crippen LogP) is 7.73. The van der Waals surface area contributed by atoms with E-state index >= 15 is 0 Å². The Morgan fingerprint density at radius 3 is 2.17 bits per heavy atom. The molecule has 1 aliphatic heterocycles. The molecule has 35 heavy (non-hydrogen) atoms. The topological polar surface area (TPSA) is 24.8 Å². The zero-order chi connectivity index (χ0) is 26.3. The molecule has 0 spiro atoms. The van der Waals surface area contributed by atoms with E-state index in [0.717, 1.165) is 54.1 Å². The third-order valence-corrected chi connectivity index (χ3v) is 5.29. The van der Waals surface area contributed by atoms with Gasteiger partial charge in [0.25, 0.3) is 0 Å². The minimum Gasteiger partial charge on any atom is -0.379 e. The highest BCUT2D eigenvalue weighted by molar-refractivity contribution is 5.84. The van der Waals surface area contributed by atoms with Crippen molar-refractivity contribution < 1.29 is 17.9 Å². The first-order chi connectivity index (χ1) is 16.8. The first-order valence-corrected chi connectivity index (χ1v) is 12.1. The number of nitrogens with zero attached hydrogens (tertiary/aromatic N) is 2. The minimum absolute atomic E-state index is 0.489. The fourth-order valence-electron chi connectivity index (χ4n) is 3.52. The Morgan fingerprint density at radius 2 is 1.69 bits per heavy atom. The maximum absolute atomic E-state index is 12.6. The number of methoxy groups -OCH3 is 1. The molecule has 0 amide bonds. The summed E-state index contributed by atoms with van der Waals surface area (Å²) in [5.41, 5.74) is 4.62. The summed E-state index contributed by atoms with van der Waals surface area (Å²) in [6.07, 6.45) is -0.572. The summed E-state index contributed by atoms with van der Waals surface area (Å²) in [5, 5.41) is 0. The molecule has 6 heteroatoms. The number of aliphatic imine (C=N–C) groups is 1. The van der Waals surface area contributed by atoms with E-state index in [4.69, 9.17) is 4.74 Å². The van der Waals surface area contributed by atoms with E-state index in [1.54, 1.807) is 13.2 Å². The Balaban J connectivity index is 0.000000512. The Bertz CT molecular complexity index is 933. The van der Waals surface area contributed by atoms with Gasteiger partial charge in [-0.1, -0.05) is 75.9 Å². The van der Waals surface area contributed by atoms with Crippen molar-refractivity contribution in [3.63, 3.8) is 0 Å². The van der Waals surface area contributed by atoms with Crippen molar-refractivity contribution in [1.29, 1.82) is 0 Å². The van der Waals surface area contributed by atoms with Crippen LogP contribution in [0.4, 0.5) is 13.2 Å². The lowest BCUT2D eigenvalue weighted by Gasteiger charge is -2.28. The van der Waals surface area contributed by atoms with E-state index in [0.29, 0.717) is 19.7 Å². The Morgan fingerprint density at radius 1 is 1.06 bits per heavy atom. The minimum atomic E-state index is -4.30. The van der Waals surface area contributed by atoms with E-state index in [1.165, 1.54) is 17.7 Å². The van der Waals surface area contributed by atoms with Gasteiger partial charge >= 0.3 is 6.18 Å². The average molecular weight is 489 g/mol. The second-order valence-electron chi connectivity index (χ2n) is 7.95. The van der Waals surface area contributed by atoms with E-state index in [-0.39, 0.29) is 0 Å². The van der Waals surface area contributed by atoms with Crippen LogP contribution in [-0.2, 0) is 23.9 Å². The fourth-order valence-corrected chi connectivity index (χ4v) is 3.52. The van der Waals surface area contributed by atoms with Gasteiger partial charge in [-0.15, -0.1) is 0 Å². The predicted molar refractivity (Wildman–Crippen MR) is 141 cm³/mol. The van der Waals surface area contributed by atoms with Gasteiger partial charge in [0, 0.05) is 44.6 Å². The molecule has 0 saturated carbocycles. The van der Waals surface area contributed by atoms with Crippen LogP contribution in [0.25, 0.3) is 0 Å². The summed E-state index contributed by atoms with van der Waals surface area (Å²) in [5.74, 6) is 0. The molecule has 0 fully saturated rings. The molecule has 192 valence electrons. The van der Waals surface area contributed by atoms with Gasteiger partial charge < -0.3 is 4.74 Å². The zero-order valence-electron chi connectivity index (χ0n) is 21.7. The summed E-state index contributed by atoms with van der Waals surface area (Å²) in [7, 11) is 1.63. The van der Waals surface area contributed by atoms with Gasteiger partial charge in [-0.05, 0) is 42.2 Å². The molecular weight excluding hydrogens is 449 g/mol. The van der Waals surface area contributed by atoms with E-state index < -0.39 is 11.7 Å². The van der Waals surface area contributed by atoms with Crippen LogP contribution < -0.4 is 0 Å². The number of benzene rings is 2. The van der Waals surface area contributed by atoms with E-state index in [2.05, 4.69) is 47.7 Å². The van der Waals surface area contributed by atoms with Crippen LogP contribution in [0.1, 0.15) is 50.8 Å². The van der Waals surface area contributed by atoms with Gasteiger partial charge in [-0.2, -0.15) is 13.2 Å². The molecule has 1 aliphatic rings. The van der Waals surface area contributed by atoms with Crippen molar-refractivity contribution in [3.8, 4) is 0 Å². The second-order valence-corrected chi connectivity index (χ2v) is 7.95. The summed E-state index contributed by atoms with van der Waals surface area (Å²) in [6.45, 7) is 14.5. The molecule has 0 radical (unpaired) electrons. The maximum atomic E-state index is 12.6. The molecular formula is C29H39F3N2O. The Labute approximate surface area is 209 Å². The second kappa shape index (κ2) is 16.1. The number of hydrogen-bond donors (Lipinski definition) is 0. The normalized spacial score (nSPS) is 14.5. The molecule has 0 aliphatic carbocycles. The molecule has 0 unspecified atom stereocenters. The third-order valence-electron chi connectivity index (χ3n) is 5.29. The third kappa shape index (κ3) is 11.1. The molecule has 2 aromatic carbocycles. The van der Waals surface area contributed by atoms with Gasteiger partial charge in [0.05, 0.1) is 12.2 Å². The lowest BCUT2D eigenvalue weighted by atomic mass is 10.0. The van der Waals surface area contributed by atoms with Crippen LogP contribution in [0.3, 0.4) is 0 Å².